The van der Waals surface area contributed by atoms with E-state index in [0.29, 0.717) is 24.9 Å². The highest BCUT2D eigenvalue weighted by Crippen LogP contribution is 2.34. The minimum Gasteiger partial charge on any atom is -0.486 e. The molecule has 1 aromatic carbocycles. The molecule has 5 nitrogen and oxygen atoms in total. The second-order valence-electron chi connectivity index (χ2n) is 5.14. The quantitative estimate of drug-likeness (QED) is 0.789. The van der Waals surface area contributed by atoms with Crippen molar-refractivity contribution in [2.45, 2.75) is 19.8 Å². The number of nitrogens with zero attached hydrogens (tertiary/aromatic N) is 2. The van der Waals surface area contributed by atoms with Gasteiger partial charge in [-0.05, 0) is 46.7 Å². The van der Waals surface area contributed by atoms with Crippen molar-refractivity contribution >= 4 is 28.4 Å². The summed E-state index contributed by atoms with van der Waals surface area (Å²) in [4.78, 5) is 9.05. The Bertz CT molecular complexity index is 689. The summed E-state index contributed by atoms with van der Waals surface area (Å²) < 4.78 is 12.1. The van der Waals surface area contributed by atoms with Crippen LogP contribution in [0.15, 0.2) is 18.2 Å². The molecule has 0 saturated carbocycles. The molecule has 0 radical (unpaired) electrons. The number of ether oxygens (including phenoxy) is 2. The van der Waals surface area contributed by atoms with Crippen LogP contribution in [0.3, 0.4) is 0 Å². The van der Waals surface area contributed by atoms with Crippen LogP contribution in [0.1, 0.15) is 25.5 Å². The molecule has 0 fully saturated rings. The molecule has 0 unspecified atom stereocenters. The van der Waals surface area contributed by atoms with Crippen molar-refractivity contribution < 1.29 is 9.47 Å². The number of anilines is 1. The van der Waals surface area contributed by atoms with Gasteiger partial charge in [-0.25, -0.2) is 9.97 Å². The number of nitrogen functional groups attached to an aromatic ring is 1. The molecule has 1 aliphatic rings. The van der Waals surface area contributed by atoms with Gasteiger partial charge in [0, 0.05) is 5.56 Å². The first-order valence-electron chi connectivity index (χ1n) is 6.79. The molecule has 0 bridgehead atoms. The number of benzene rings is 1. The summed E-state index contributed by atoms with van der Waals surface area (Å²) in [5, 5.41) is 0. The van der Waals surface area contributed by atoms with Gasteiger partial charge in [-0.2, -0.15) is 0 Å². The molecule has 21 heavy (non-hydrogen) atoms. The molecule has 0 saturated heterocycles. The summed E-state index contributed by atoms with van der Waals surface area (Å²) in [6, 6.07) is 5.72. The number of aromatic nitrogens is 2. The number of nitrogens with two attached hydrogens (primary N) is 1. The number of hydrogen-bond acceptors (Lipinski definition) is 5. The van der Waals surface area contributed by atoms with E-state index in [1.54, 1.807) is 0 Å². The molecule has 2 aromatic rings. The predicted octanol–water partition coefficient (Wildman–Crippen LogP) is 3.23. The summed E-state index contributed by atoms with van der Waals surface area (Å²) in [5.74, 6) is 2.91. The zero-order valence-corrected chi connectivity index (χ0v) is 14.0. The molecule has 0 aliphatic carbocycles. The molecule has 2 N–H and O–H groups in total. The number of rotatable bonds is 2. The van der Waals surface area contributed by atoms with E-state index in [0.717, 1.165) is 26.3 Å². The van der Waals surface area contributed by atoms with E-state index in [2.05, 4.69) is 46.4 Å². The lowest BCUT2D eigenvalue weighted by atomic mass is 10.1. The van der Waals surface area contributed by atoms with Crippen LogP contribution in [0.5, 0.6) is 11.5 Å². The molecule has 6 heteroatoms. The van der Waals surface area contributed by atoms with Crippen LogP contribution in [0, 0.1) is 3.57 Å². The van der Waals surface area contributed by atoms with Crippen LogP contribution in [0.2, 0.25) is 0 Å². The summed E-state index contributed by atoms with van der Waals surface area (Å²) >= 11 is 2.20. The van der Waals surface area contributed by atoms with E-state index >= 15 is 0 Å². The molecule has 0 atom stereocenters. The molecule has 2 heterocycles. The maximum atomic E-state index is 6.02. The van der Waals surface area contributed by atoms with Crippen LogP contribution in [-0.4, -0.2) is 23.2 Å². The van der Waals surface area contributed by atoms with Gasteiger partial charge < -0.3 is 15.2 Å². The third-order valence-electron chi connectivity index (χ3n) is 3.25. The summed E-state index contributed by atoms with van der Waals surface area (Å²) in [5.41, 5.74) is 7.86. The van der Waals surface area contributed by atoms with Crippen molar-refractivity contribution in [1.29, 1.82) is 0 Å². The van der Waals surface area contributed by atoms with Gasteiger partial charge in [-0.3, -0.25) is 0 Å². The normalized spacial score (nSPS) is 13.5. The second kappa shape index (κ2) is 5.67. The van der Waals surface area contributed by atoms with Gasteiger partial charge in [-0.1, -0.05) is 13.8 Å². The third-order valence-corrected chi connectivity index (χ3v) is 4.35. The molecular weight excluding hydrogens is 381 g/mol. The fourth-order valence-corrected chi connectivity index (χ4v) is 3.04. The van der Waals surface area contributed by atoms with E-state index in [9.17, 15) is 0 Å². The van der Waals surface area contributed by atoms with Gasteiger partial charge in [0.15, 0.2) is 17.3 Å². The first-order valence-corrected chi connectivity index (χ1v) is 7.87. The Morgan fingerprint density at radius 1 is 1.14 bits per heavy atom. The molecular formula is C15H16IN3O2. The van der Waals surface area contributed by atoms with Gasteiger partial charge in [0.25, 0.3) is 0 Å². The van der Waals surface area contributed by atoms with E-state index in [4.69, 9.17) is 15.2 Å². The molecule has 1 aliphatic heterocycles. The average Bonchev–Trinajstić information content (AvgIpc) is 2.49. The topological polar surface area (TPSA) is 70.3 Å². The monoisotopic (exact) mass is 397 g/mol. The van der Waals surface area contributed by atoms with Crippen molar-refractivity contribution in [1.82, 2.24) is 9.97 Å². The Hall–Kier alpha value is -1.57. The number of hydrogen-bond donors (Lipinski definition) is 1. The summed E-state index contributed by atoms with van der Waals surface area (Å²) in [7, 11) is 0. The molecule has 0 amide bonds. The molecule has 1 aromatic heterocycles. The maximum Gasteiger partial charge on any atom is 0.162 e. The Kier molecular flexibility index (Phi) is 3.88. The summed E-state index contributed by atoms with van der Waals surface area (Å²) in [6.07, 6.45) is 0. The Balaban J connectivity index is 2.08. The SMILES string of the molecule is CC(C)c1nc(-c2ccc3c(c2)OCCO3)nc(N)c1I. The first-order chi connectivity index (χ1) is 10.1. The number of halogens is 1. The van der Waals surface area contributed by atoms with E-state index < -0.39 is 0 Å². The van der Waals surface area contributed by atoms with Crippen molar-refractivity contribution in [3.05, 3.63) is 27.5 Å². The van der Waals surface area contributed by atoms with Crippen LogP contribution in [0.25, 0.3) is 11.4 Å². The Labute approximate surface area is 137 Å². The van der Waals surface area contributed by atoms with Crippen LogP contribution in [-0.2, 0) is 0 Å². The zero-order chi connectivity index (χ0) is 15.0. The lowest BCUT2D eigenvalue weighted by molar-refractivity contribution is 0.171. The predicted molar refractivity (Wildman–Crippen MR) is 89.7 cm³/mol. The number of fused-ring (bicyclic) bond motifs is 1. The van der Waals surface area contributed by atoms with Gasteiger partial charge in [0.1, 0.15) is 19.0 Å². The lowest BCUT2D eigenvalue weighted by Gasteiger charge is -2.19. The standard InChI is InChI=1S/C15H16IN3O2/c1-8(2)13-12(16)14(17)19-15(18-13)9-3-4-10-11(7-9)21-6-5-20-10/h3-4,7-8H,5-6H2,1-2H3,(H2,17,18,19). The zero-order valence-electron chi connectivity index (χ0n) is 11.9. The highest BCUT2D eigenvalue weighted by molar-refractivity contribution is 14.1. The van der Waals surface area contributed by atoms with E-state index in [1.165, 1.54) is 0 Å². The van der Waals surface area contributed by atoms with E-state index in [1.807, 2.05) is 18.2 Å². The van der Waals surface area contributed by atoms with E-state index in [-0.39, 0.29) is 5.92 Å². The van der Waals surface area contributed by atoms with Crippen LogP contribution >= 0.6 is 22.6 Å². The lowest BCUT2D eigenvalue weighted by Crippen LogP contribution is -2.15. The Morgan fingerprint density at radius 2 is 1.86 bits per heavy atom. The average molecular weight is 397 g/mol. The molecule has 0 spiro atoms. The van der Waals surface area contributed by atoms with Gasteiger partial charge in [0.05, 0.1) is 9.26 Å². The Morgan fingerprint density at radius 3 is 2.57 bits per heavy atom. The third kappa shape index (κ3) is 2.76. The fraction of sp³-hybridized carbons (Fsp3) is 0.333. The van der Waals surface area contributed by atoms with Gasteiger partial charge >= 0.3 is 0 Å². The first kappa shape index (κ1) is 14.4. The second-order valence-corrected chi connectivity index (χ2v) is 6.22. The minimum absolute atomic E-state index is 0.290. The highest BCUT2D eigenvalue weighted by Gasteiger charge is 2.17. The highest BCUT2D eigenvalue weighted by atomic mass is 127. The minimum atomic E-state index is 0.290. The smallest absolute Gasteiger partial charge is 0.162 e. The molecule has 3 rings (SSSR count). The van der Waals surface area contributed by atoms with Crippen LogP contribution in [0.4, 0.5) is 5.82 Å². The van der Waals surface area contributed by atoms with Crippen molar-refractivity contribution in [2.75, 3.05) is 18.9 Å². The maximum absolute atomic E-state index is 6.02. The van der Waals surface area contributed by atoms with Gasteiger partial charge in [-0.15, -0.1) is 0 Å². The summed E-state index contributed by atoms with van der Waals surface area (Å²) in [6.45, 7) is 5.33. The van der Waals surface area contributed by atoms with Crippen molar-refractivity contribution in [2.24, 2.45) is 0 Å². The fourth-order valence-electron chi connectivity index (χ4n) is 2.18. The van der Waals surface area contributed by atoms with Crippen LogP contribution < -0.4 is 15.2 Å². The molecule has 110 valence electrons. The van der Waals surface area contributed by atoms with Crippen molar-refractivity contribution in [3.8, 4) is 22.9 Å². The van der Waals surface area contributed by atoms with Gasteiger partial charge in [0.2, 0.25) is 0 Å². The van der Waals surface area contributed by atoms with Crippen molar-refractivity contribution in [3.63, 3.8) is 0 Å². The largest absolute Gasteiger partial charge is 0.486 e.